The Morgan fingerprint density at radius 1 is 1.22 bits per heavy atom. The standard InChI is InChI=1S/C16H16O2/c1-3-18-16-11-9-13-6-4-5-7-14(13)15(16)10-8-12(2)17/h4-11H,3H2,1-2H3/b10-8+. The molecule has 0 aliphatic carbocycles. The number of fused-ring (bicyclic) bond motifs is 1. The van der Waals surface area contributed by atoms with Gasteiger partial charge in [-0.1, -0.05) is 30.3 Å². The lowest BCUT2D eigenvalue weighted by atomic mass is 10.0. The van der Waals surface area contributed by atoms with Gasteiger partial charge in [-0.15, -0.1) is 0 Å². The molecule has 18 heavy (non-hydrogen) atoms. The van der Waals surface area contributed by atoms with E-state index in [0.717, 1.165) is 22.1 Å². The summed E-state index contributed by atoms with van der Waals surface area (Å²) in [6.45, 7) is 4.11. The van der Waals surface area contributed by atoms with Gasteiger partial charge in [-0.3, -0.25) is 4.79 Å². The summed E-state index contributed by atoms with van der Waals surface area (Å²) in [5, 5.41) is 2.24. The van der Waals surface area contributed by atoms with E-state index >= 15 is 0 Å². The second-order valence-corrected chi connectivity index (χ2v) is 4.08. The van der Waals surface area contributed by atoms with Crippen LogP contribution in [0, 0.1) is 0 Å². The zero-order valence-electron chi connectivity index (χ0n) is 10.6. The fourth-order valence-electron chi connectivity index (χ4n) is 1.93. The highest BCUT2D eigenvalue weighted by molar-refractivity contribution is 5.98. The molecule has 0 aliphatic heterocycles. The molecule has 0 aromatic heterocycles. The van der Waals surface area contributed by atoms with Crippen molar-refractivity contribution in [2.75, 3.05) is 6.61 Å². The van der Waals surface area contributed by atoms with E-state index in [1.54, 1.807) is 13.0 Å². The van der Waals surface area contributed by atoms with Crippen LogP contribution < -0.4 is 4.74 Å². The van der Waals surface area contributed by atoms with Crippen molar-refractivity contribution in [3.8, 4) is 5.75 Å². The number of carbonyl (C=O) groups is 1. The molecule has 0 spiro atoms. The van der Waals surface area contributed by atoms with Crippen LogP contribution in [0.15, 0.2) is 42.5 Å². The average molecular weight is 240 g/mol. The number of ketones is 1. The van der Waals surface area contributed by atoms with Crippen LogP contribution in [-0.2, 0) is 4.79 Å². The summed E-state index contributed by atoms with van der Waals surface area (Å²) in [5.41, 5.74) is 0.963. The number of allylic oxidation sites excluding steroid dienone is 1. The molecule has 0 saturated heterocycles. The first-order valence-corrected chi connectivity index (χ1v) is 6.05. The maximum absolute atomic E-state index is 11.1. The smallest absolute Gasteiger partial charge is 0.152 e. The Hall–Kier alpha value is -2.09. The van der Waals surface area contributed by atoms with E-state index in [1.807, 2.05) is 43.3 Å². The van der Waals surface area contributed by atoms with Crippen molar-refractivity contribution in [2.45, 2.75) is 13.8 Å². The van der Waals surface area contributed by atoms with E-state index in [0.29, 0.717) is 6.61 Å². The van der Waals surface area contributed by atoms with Crippen LogP contribution in [0.5, 0.6) is 5.75 Å². The van der Waals surface area contributed by atoms with Crippen LogP contribution in [0.3, 0.4) is 0 Å². The van der Waals surface area contributed by atoms with E-state index < -0.39 is 0 Å². The van der Waals surface area contributed by atoms with Gasteiger partial charge in [0, 0.05) is 5.56 Å². The molecule has 2 heteroatoms. The molecule has 0 heterocycles. The number of carbonyl (C=O) groups excluding carboxylic acids is 1. The van der Waals surface area contributed by atoms with Crippen molar-refractivity contribution in [1.82, 2.24) is 0 Å². The Kier molecular flexibility index (Phi) is 3.78. The van der Waals surface area contributed by atoms with Gasteiger partial charge in [0.1, 0.15) is 5.75 Å². The van der Waals surface area contributed by atoms with Crippen molar-refractivity contribution in [3.05, 3.63) is 48.0 Å². The van der Waals surface area contributed by atoms with Crippen LogP contribution in [0.1, 0.15) is 19.4 Å². The van der Waals surface area contributed by atoms with Crippen molar-refractivity contribution in [1.29, 1.82) is 0 Å². The van der Waals surface area contributed by atoms with E-state index in [2.05, 4.69) is 6.07 Å². The largest absolute Gasteiger partial charge is 0.493 e. The van der Waals surface area contributed by atoms with Gasteiger partial charge in [0.2, 0.25) is 0 Å². The third kappa shape index (κ3) is 2.59. The number of hydrogen-bond donors (Lipinski definition) is 0. The Morgan fingerprint density at radius 2 is 2.00 bits per heavy atom. The molecule has 2 rings (SSSR count). The number of ether oxygens (including phenoxy) is 1. The molecule has 0 saturated carbocycles. The van der Waals surface area contributed by atoms with E-state index in [1.165, 1.54) is 0 Å². The number of benzene rings is 2. The molecule has 0 amide bonds. The van der Waals surface area contributed by atoms with Crippen LogP contribution in [0.4, 0.5) is 0 Å². The first-order chi connectivity index (χ1) is 8.72. The molecular formula is C16H16O2. The van der Waals surface area contributed by atoms with Gasteiger partial charge in [-0.05, 0) is 42.8 Å². The Morgan fingerprint density at radius 3 is 2.72 bits per heavy atom. The van der Waals surface area contributed by atoms with Crippen molar-refractivity contribution in [2.24, 2.45) is 0 Å². The second-order valence-electron chi connectivity index (χ2n) is 4.08. The minimum absolute atomic E-state index is 0.0328. The molecule has 2 nitrogen and oxygen atoms in total. The minimum atomic E-state index is 0.0328. The number of hydrogen-bond acceptors (Lipinski definition) is 2. The third-order valence-corrected chi connectivity index (χ3v) is 2.72. The predicted octanol–water partition coefficient (Wildman–Crippen LogP) is 3.84. The quantitative estimate of drug-likeness (QED) is 0.759. The lowest BCUT2D eigenvalue weighted by molar-refractivity contribution is -0.112. The third-order valence-electron chi connectivity index (χ3n) is 2.72. The monoisotopic (exact) mass is 240 g/mol. The van der Waals surface area contributed by atoms with E-state index in [4.69, 9.17) is 4.74 Å². The van der Waals surface area contributed by atoms with Gasteiger partial charge in [-0.25, -0.2) is 0 Å². The first-order valence-electron chi connectivity index (χ1n) is 6.05. The molecule has 0 unspecified atom stereocenters. The van der Waals surface area contributed by atoms with Gasteiger partial charge in [-0.2, -0.15) is 0 Å². The van der Waals surface area contributed by atoms with Crippen molar-refractivity contribution < 1.29 is 9.53 Å². The van der Waals surface area contributed by atoms with Gasteiger partial charge < -0.3 is 4.74 Å². The van der Waals surface area contributed by atoms with Gasteiger partial charge in [0.25, 0.3) is 0 Å². The molecule has 0 atom stereocenters. The Balaban J connectivity index is 2.62. The molecule has 2 aromatic rings. The normalized spacial score (nSPS) is 11.0. The topological polar surface area (TPSA) is 26.3 Å². The summed E-state index contributed by atoms with van der Waals surface area (Å²) in [4.78, 5) is 11.1. The van der Waals surface area contributed by atoms with Crippen molar-refractivity contribution >= 4 is 22.6 Å². The lowest BCUT2D eigenvalue weighted by Crippen LogP contribution is -1.95. The van der Waals surface area contributed by atoms with Gasteiger partial charge >= 0.3 is 0 Å². The molecule has 0 radical (unpaired) electrons. The van der Waals surface area contributed by atoms with Crippen LogP contribution in [0.25, 0.3) is 16.8 Å². The highest BCUT2D eigenvalue weighted by Crippen LogP contribution is 2.29. The molecule has 0 N–H and O–H groups in total. The van der Waals surface area contributed by atoms with Crippen molar-refractivity contribution in [3.63, 3.8) is 0 Å². The molecule has 0 aliphatic rings. The first kappa shape index (κ1) is 12.4. The fourth-order valence-corrected chi connectivity index (χ4v) is 1.93. The average Bonchev–Trinajstić information content (AvgIpc) is 2.37. The molecule has 2 aromatic carbocycles. The zero-order chi connectivity index (χ0) is 13.0. The maximum Gasteiger partial charge on any atom is 0.152 e. The Labute approximate surface area is 107 Å². The summed E-state index contributed by atoms with van der Waals surface area (Å²) >= 11 is 0. The van der Waals surface area contributed by atoms with E-state index in [-0.39, 0.29) is 5.78 Å². The highest BCUT2D eigenvalue weighted by Gasteiger charge is 2.05. The van der Waals surface area contributed by atoms with Crippen LogP contribution in [-0.4, -0.2) is 12.4 Å². The molecule has 0 bridgehead atoms. The van der Waals surface area contributed by atoms with Gasteiger partial charge in [0.05, 0.1) is 6.61 Å². The SMILES string of the molecule is CCOc1ccc2ccccc2c1/C=C/C(C)=O. The fraction of sp³-hybridized carbons (Fsp3) is 0.188. The van der Waals surface area contributed by atoms with Crippen LogP contribution >= 0.6 is 0 Å². The Bertz CT molecular complexity index is 597. The number of rotatable bonds is 4. The molecular weight excluding hydrogens is 224 g/mol. The summed E-state index contributed by atoms with van der Waals surface area (Å²) in [6, 6.07) is 12.1. The second kappa shape index (κ2) is 5.50. The summed E-state index contributed by atoms with van der Waals surface area (Å²) < 4.78 is 5.61. The summed E-state index contributed by atoms with van der Waals surface area (Å²) in [5.74, 6) is 0.846. The predicted molar refractivity (Wildman–Crippen MR) is 74.8 cm³/mol. The summed E-state index contributed by atoms with van der Waals surface area (Å²) in [7, 11) is 0. The van der Waals surface area contributed by atoms with Crippen LogP contribution in [0.2, 0.25) is 0 Å². The highest BCUT2D eigenvalue weighted by atomic mass is 16.5. The maximum atomic E-state index is 11.1. The van der Waals surface area contributed by atoms with Gasteiger partial charge in [0.15, 0.2) is 5.78 Å². The molecule has 92 valence electrons. The zero-order valence-corrected chi connectivity index (χ0v) is 10.6. The minimum Gasteiger partial charge on any atom is -0.493 e. The van der Waals surface area contributed by atoms with E-state index in [9.17, 15) is 4.79 Å². The lowest BCUT2D eigenvalue weighted by Gasteiger charge is -2.10. The summed E-state index contributed by atoms with van der Waals surface area (Å²) in [6.07, 6.45) is 3.40. The molecule has 0 fully saturated rings.